The van der Waals surface area contributed by atoms with Crippen LogP contribution in [0.2, 0.25) is 0 Å². The molecule has 0 radical (unpaired) electrons. The minimum absolute atomic E-state index is 0.0815. The Morgan fingerprint density at radius 2 is 1.96 bits per heavy atom. The summed E-state index contributed by atoms with van der Waals surface area (Å²) in [4.78, 5) is 47.8. The van der Waals surface area contributed by atoms with E-state index >= 15 is 0 Å². The highest BCUT2D eigenvalue weighted by atomic mass is 16.5. The van der Waals surface area contributed by atoms with Gasteiger partial charge < -0.3 is 15.4 Å². The summed E-state index contributed by atoms with van der Waals surface area (Å²) in [7, 11) is 1.25. The van der Waals surface area contributed by atoms with Crippen molar-refractivity contribution < 1.29 is 23.9 Å². The Balaban J connectivity index is 2.21. The van der Waals surface area contributed by atoms with Crippen molar-refractivity contribution in [3.63, 3.8) is 0 Å². The SMILES string of the molecule is COC(=O)[C@H](NC(=O)c1ccccc1NC(C)=O)[C@H]1CCCC(=O)C1. The Kier molecular flexibility index (Phi) is 6.27. The van der Waals surface area contributed by atoms with Crippen LogP contribution >= 0.6 is 0 Å². The molecule has 1 fully saturated rings. The maximum Gasteiger partial charge on any atom is 0.328 e. The first kappa shape index (κ1) is 18.6. The molecule has 7 nitrogen and oxygen atoms in total. The summed E-state index contributed by atoms with van der Waals surface area (Å²) in [6.45, 7) is 1.35. The zero-order valence-electron chi connectivity index (χ0n) is 14.3. The number of ketones is 1. The summed E-state index contributed by atoms with van der Waals surface area (Å²) >= 11 is 0. The first-order valence-electron chi connectivity index (χ1n) is 8.19. The van der Waals surface area contributed by atoms with Gasteiger partial charge in [0.2, 0.25) is 5.91 Å². The Morgan fingerprint density at radius 1 is 1.24 bits per heavy atom. The molecule has 1 aliphatic carbocycles. The molecule has 1 aromatic carbocycles. The summed E-state index contributed by atoms with van der Waals surface area (Å²) in [5.41, 5.74) is 0.601. The van der Waals surface area contributed by atoms with Crippen LogP contribution in [0.25, 0.3) is 0 Å². The summed E-state index contributed by atoms with van der Waals surface area (Å²) in [6.07, 6.45) is 2.10. The van der Waals surface area contributed by atoms with Gasteiger partial charge in [-0.2, -0.15) is 0 Å². The van der Waals surface area contributed by atoms with E-state index in [0.717, 1.165) is 0 Å². The Bertz CT molecular complexity index is 686. The number of nitrogens with one attached hydrogen (secondary N) is 2. The van der Waals surface area contributed by atoms with Gasteiger partial charge in [-0.3, -0.25) is 14.4 Å². The van der Waals surface area contributed by atoms with Crippen molar-refractivity contribution in [3.8, 4) is 0 Å². The first-order valence-corrected chi connectivity index (χ1v) is 8.19. The van der Waals surface area contributed by atoms with E-state index in [-0.39, 0.29) is 29.6 Å². The highest BCUT2D eigenvalue weighted by Gasteiger charge is 2.34. The number of ether oxygens (including phenoxy) is 1. The number of para-hydroxylation sites is 1. The minimum Gasteiger partial charge on any atom is -0.467 e. The molecule has 2 amide bonds. The third-order valence-corrected chi connectivity index (χ3v) is 4.22. The van der Waals surface area contributed by atoms with Crippen molar-refractivity contribution in [2.45, 2.75) is 38.6 Å². The molecule has 0 unspecified atom stereocenters. The molecule has 0 bridgehead atoms. The maximum absolute atomic E-state index is 12.6. The second-order valence-corrected chi connectivity index (χ2v) is 6.10. The predicted molar refractivity (Wildman–Crippen MR) is 91.0 cm³/mol. The number of amides is 2. The summed E-state index contributed by atoms with van der Waals surface area (Å²) in [6, 6.07) is 5.62. The molecule has 2 N–H and O–H groups in total. The van der Waals surface area contributed by atoms with Crippen molar-refractivity contribution in [1.82, 2.24) is 5.32 Å². The van der Waals surface area contributed by atoms with E-state index in [9.17, 15) is 19.2 Å². The van der Waals surface area contributed by atoms with Crippen molar-refractivity contribution in [1.29, 1.82) is 0 Å². The van der Waals surface area contributed by atoms with E-state index in [1.54, 1.807) is 24.3 Å². The lowest BCUT2D eigenvalue weighted by atomic mass is 9.83. The quantitative estimate of drug-likeness (QED) is 0.790. The maximum atomic E-state index is 12.6. The number of rotatable bonds is 5. The molecule has 7 heteroatoms. The molecule has 0 heterocycles. The van der Waals surface area contributed by atoms with Crippen LogP contribution in [0.15, 0.2) is 24.3 Å². The van der Waals surface area contributed by atoms with Gasteiger partial charge in [0.25, 0.3) is 5.91 Å². The van der Waals surface area contributed by atoms with Crippen LogP contribution in [-0.2, 0) is 19.1 Å². The lowest BCUT2D eigenvalue weighted by Gasteiger charge is -2.28. The monoisotopic (exact) mass is 346 g/mol. The molecule has 1 aliphatic rings. The van der Waals surface area contributed by atoms with Gasteiger partial charge in [0.05, 0.1) is 18.4 Å². The second-order valence-electron chi connectivity index (χ2n) is 6.10. The van der Waals surface area contributed by atoms with Crippen molar-refractivity contribution in [2.75, 3.05) is 12.4 Å². The number of Topliss-reactive ketones (excluding diaryl/α,β-unsaturated/α-hetero) is 1. The topological polar surface area (TPSA) is 102 Å². The number of esters is 1. The number of hydrogen-bond donors (Lipinski definition) is 2. The molecule has 1 saturated carbocycles. The second kappa shape index (κ2) is 8.41. The van der Waals surface area contributed by atoms with Gasteiger partial charge in [0, 0.05) is 19.8 Å². The third kappa shape index (κ3) is 4.89. The van der Waals surface area contributed by atoms with E-state index in [2.05, 4.69) is 10.6 Å². The Labute approximate surface area is 146 Å². The summed E-state index contributed by atoms with van der Waals surface area (Å²) in [5.74, 6) is -1.59. The number of carbonyl (C=O) groups excluding carboxylic acids is 4. The van der Waals surface area contributed by atoms with Gasteiger partial charge in [-0.15, -0.1) is 0 Å². The van der Waals surface area contributed by atoms with Crippen LogP contribution in [0.5, 0.6) is 0 Å². The molecule has 0 aromatic heterocycles. The summed E-state index contributed by atoms with van der Waals surface area (Å²) < 4.78 is 4.80. The largest absolute Gasteiger partial charge is 0.467 e. The van der Waals surface area contributed by atoms with Gasteiger partial charge in [-0.05, 0) is 30.9 Å². The van der Waals surface area contributed by atoms with Gasteiger partial charge in [-0.1, -0.05) is 12.1 Å². The molecule has 134 valence electrons. The van der Waals surface area contributed by atoms with E-state index in [1.807, 2.05) is 0 Å². The van der Waals surface area contributed by atoms with Gasteiger partial charge in [0.1, 0.15) is 11.8 Å². The molecular formula is C18H22N2O5. The van der Waals surface area contributed by atoms with Crippen LogP contribution in [0.3, 0.4) is 0 Å². The fourth-order valence-electron chi connectivity index (χ4n) is 3.04. The highest BCUT2D eigenvalue weighted by molar-refractivity contribution is 6.04. The van der Waals surface area contributed by atoms with Crippen molar-refractivity contribution >= 4 is 29.3 Å². The predicted octanol–water partition coefficient (Wildman–Crippen LogP) is 1.68. The molecule has 0 aliphatic heterocycles. The average Bonchev–Trinajstić information content (AvgIpc) is 2.58. The van der Waals surface area contributed by atoms with E-state index < -0.39 is 17.9 Å². The molecule has 2 rings (SSSR count). The number of carbonyl (C=O) groups is 4. The van der Waals surface area contributed by atoms with Crippen LogP contribution in [0.4, 0.5) is 5.69 Å². The van der Waals surface area contributed by atoms with Gasteiger partial charge in [0.15, 0.2) is 0 Å². The number of anilines is 1. The van der Waals surface area contributed by atoms with E-state index in [4.69, 9.17) is 4.74 Å². The fraction of sp³-hybridized carbons (Fsp3) is 0.444. The van der Waals surface area contributed by atoms with Crippen molar-refractivity contribution in [2.24, 2.45) is 5.92 Å². The third-order valence-electron chi connectivity index (χ3n) is 4.22. The molecule has 25 heavy (non-hydrogen) atoms. The molecular weight excluding hydrogens is 324 g/mol. The highest BCUT2D eigenvalue weighted by Crippen LogP contribution is 2.26. The van der Waals surface area contributed by atoms with Crippen LogP contribution in [-0.4, -0.2) is 36.7 Å². The van der Waals surface area contributed by atoms with Crippen LogP contribution in [0.1, 0.15) is 43.0 Å². The zero-order chi connectivity index (χ0) is 18.4. The lowest BCUT2D eigenvalue weighted by Crippen LogP contribution is -2.48. The first-order chi connectivity index (χ1) is 11.9. The van der Waals surface area contributed by atoms with E-state index in [0.29, 0.717) is 24.9 Å². The van der Waals surface area contributed by atoms with Crippen LogP contribution in [0, 0.1) is 5.92 Å². The van der Waals surface area contributed by atoms with E-state index in [1.165, 1.54) is 14.0 Å². The Hall–Kier alpha value is -2.70. The average molecular weight is 346 g/mol. The molecule has 0 spiro atoms. The molecule has 2 atom stereocenters. The van der Waals surface area contributed by atoms with Gasteiger partial charge in [-0.25, -0.2) is 4.79 Å². The fourth-order valence-corrected chi connectivity index (χ4v) is 3.04. The van der Waals surface area contributed by atoms with Gasteiger partial charge >= 0.3 is 5.97 Å². The summed E-state index contributed by atoms with van der Waals surface area (Å²) in [5, 5.41) is 5.26. The number of hydrogen-bond acceptors (Lipinski definition) is 5. The smallest absolute Gasteiger partial charge is 0.328 e. The van der Waals surface area contributed by atoms with Crippen LogP contribution < -0.4 is 10.6 Å². The van der Waals surface area contributed by atoms with Crippen molar-refractivity contribution in [3.05, 3.63) is 29.8 Å². The lowest BCUT2D eigenvalue weighted by molar-refractivity contribution is -0.145. The number of methoxy groups -OCH3 is 1. The Morgan fingerprint density at radius 3 is 2.60 bits per heavy atom. The number of benzene rings is 1. The zero-order valence-corrected chi connectivity index (χ0v) is 14.3. The molecule has 0 saturated heterocycles. The standard InChI is InChI=1S/C18H22N2O5/c1-11(21)19-15-9-4-3-8-14(15)17(23)20-16(18(24)25-2)12-6-5-7-13(22)10-12/h3-4,8-9,12,16H,5-7,10H2,1-2H3,(H,19,21)(H,20,23)/t12-,16+/m0/s1. The normalized spacial score (nSPS) is 18.2. The molecule has 1 aromatic rings. The minimum atomic E-state index is -0.896.